The van der Waals surface area contributed by atoms with Crippen molar-refractivity contribution in [1.29, 1.82) is 5.26 Å². The molecule has 0 fully saturated rings. The fourth-order valence-corrected chi connectivity index (χ4v) is 1.22. The molecule has 0 aromatic carbocycles. The zero-order valence-corrected chi connectivity index (χ0v) is 7.44. The van der Waals surface area contributed by atoms with E-state index in [2.05, 4.69) is 4.98 Å². The Morgan fingerprint density at radius 2 is 2.23 bits per heavy atom. The number of alkyl halides is 2. The van der Waals surface area contributed by atoms with Crippen LogP contribution in [0.1, 0.15) is 23.2 Å². The first kappa shape index (κ1) is 9.87. The fourth-order valence-electron chi connectivity index (χ4n) is 0.975. The van der Waals surface area contributed by atoms with Gasteiger partial charge < -0.3 is 0 Å². The standard InChI is InChI=1S/C8H5ClF2N2/c1-4-6(3-12)5(8(10)11)2-7(9)13-4/h2,8H,1H3. The van der Waals surface area contributed by atoms with Crippen LogP contribution in [0.2, 0.25) is 5.15 Å². The summed E-state index contributed by atoms with van der Waals surface area (Å²) in [5.74, 6) is 0. The highest BCUT2D eigenvalue weighted by Crippen LogP contribution is 2.26. The van der Waals surface area contributed by atoms with E-state index in [0.29, 0.717) is 0 Å². The van der Waals surface area contributed by atoms with Crippen molar-refractivity contribution in [2.75, 3.05) is 0 Å². The lowest BCUT2D eigenvalue weighted by Gasteiger charge is -2.04. The molecule has 0 spiro atoms. The molecule has 0 N–H and O–H groups in total. The summed E-state index contributed by atoms with van der Waals surface area (Å²) in [5, 5.41) is 8.55. The highest BCUT2D eigenvalue weighted by molar-refractivity contribution is 6.29. The fraction of sp³-hybridized carbons (Fsp3) is 0.250. The molecule has 1 heterocycles. The number of hydrogen-bond acceptors (Lipinski definition) is 2. The zero-order chi connectivity index (χ0) is 10.0. The van der Waals surface area contributed by atoms with Gasteiger partial charge in [0.15, 0.2) is 0 Å². The lowest BCUT2D eigenvalue weighted by Crippen LogP contribution is -1.97. The number of halogens is 3. The number of hydrogen-bond donors (Lipinski definition) is 0. The third kappa shape index (κ3) is 1.93. The predicted octanol–water partition coefficient (Wildman–Crippen LogP) is 2.85. The maximum absolute atomic E-state index is 12.3. The van der Waals surface area contributed by atoms with Crippen molar-refractivity contribution in [3.63, 3.8) is 0 Å². The molecule has 0 amide bonds. The largest absolute Gasteiger partial charge is 0.265 e. The number of nitriles is 1. The smallest absolute Gasteiger partial charge is 0.240 e. The van der Waals surface area contributed by atoms with E-state index in [4.69, 9.17) is 16.9 Å². The van der Waals surface area contributed by atoms with Crippen molar-refractivity contribution < 1.29 is 8.78 Å². The van der Waals surface area contributed by atoms with Gasteiger partial charge in [-0.05, 0) is 13.0 Å². The molecule has 13 heavy (non-hydrogen) atoms. The second kappa shape index (κ2) is 3.67. The first-order chi connectivity index (χ1) is 6.06. The molecule has 0 unspecified atom stereocenters. The van der Waals surface area contributed by atoms with E-state index in [0.717, 1.165) is 6.07 Å². The molecule has 0 atom stereocenters. The van der Waals surface area contributed by atoms with E-state index >= 15 is 0 Å². The van der Waals surface area contributed by atoms with Crippen LogP contribution in [0.5, 0.6) is 0 Å². The molecule has 0 aliphatic heterocycles. The summed E-state index contributed by atoms with van der Waals surface area (Å²) in [6.45, 7) is 1.47. The van der Waals surface area contributed by atoms with Crippen LogP contribution >= 0.6 is 11.6 Å². The molecule has 5 heteroatoms. The highest BCUT2D eigenvalue weighted by atomic mass is 35.5. The Kier molecular flexibility index (Phi) is 2.79. The van der Waals surface area contributed by atoms with E-state index in [1.54, 1.807) is 6.07 Å². The Labute approximate surface area is 78.8 Å². The van der Waals surface area contributed by atoms with Gasteiger partial charge in [-0.1, -0.05) is 11.6 Å². The Morgan fingerprint density at radius 1 is 1.62 bits per heavy atom. The SMILES string of the molecule is Cc1nc(Cl)cc(C(F)F)c1C#N. The molecule has 0 bridgehead atoms. The van der Waals surface area contributed by atoms with E-state index in [9.17, 15) is 8.78 Å². The average molecular weight is 203 g/mol. The quantitative estimate of drug-likeness (QED) is 0.657. The summed E-state index contributed by atoms with van der Waals surface area (Å²) < 4.78 is 24.7. The number of pyridine rings is 1. The lowest BCUT2D eigenvalue weighted by atomic mass is 10.1. The summed E-state index contributed by atoms with van der Waals surface area (Å²) in [4.78, 5) is 3.70. The van der Waals surface area contributed by atoms with Gasteiger partial charge in [0.25, 0.3) is 6.43 Å². The number of rotatable bonds is 1. The Balaban J connectivity index is 3.41. The molecule has 0 saturated carbocycles. The number of nitrogens with zero attached hydrogens (tertiary/aromatic N) is 2. The summed E-state index contributed by atoms with van der Waals surface area (Å²) in [5.41, 5.74) is -0.232. The molecule has 68 valence electrons. The maximum atomic E-state index is 12.3. The van der Waals surface area contributed by atoms with Gasteiger partial charge in [0.05, 0.1) is 11.3 Å². The molecule has 0 radical (unpaired) electrons. The summed E-state index contributed by atoms with van der Waals surface area (Å²) in [6, 6.07) is 2.68. The normalized spacial score (nSPS) is 10.2. The van der Waals surface area contributed by atoms with Crippen LogP contribution in [0, 0.1) is 18.3 Å². The van der Waals surface area contributed by atoms with Crippen LogP contribution in [-0.4, -0.2) is 4.98 Å². The van der Waals surface area contributed by atoms with E-state index in [-0.39, 0.29) is 22.0 Å². The van der Waals surface area contributed by atoms with Crippen molar-refractivity contribution in [2.45, 2.75) is 13.3 Å². The van der Waals surface area contributed by atoms with Gasteiger partial charge in [0.1, 0.15) is 11.2 Å². The lowest BCUT2D eigenvalue weighted by molar-refractivity contribution is 0.151. The molecule has 1 rings (SSSR count). The van der Waals surface area contributed by atoms with Crippen molar-refractivity contribution in [1.82, 2.24) is 4.98 Å². The Hall–Kier alpha value is -1.21. The van der Waals surface area contributed by atoms with E-state index in [1.165, 1.54) is 6.92 Å². The van der Waals surface area contributed by atoms with Crippen LogP contribution in [0.15, 0.2) is 6.07 Å². The van der Waals surface area contributed by atoms with Gasteiger partial charge in [0.2, 0.25) is 0 Å². The van der Waals surface area contributed by atoms with Crippen LogP contribution < -0.4 is 0 Å². The van der Waals surface area contributed by atoms with Crippen LogP contribution in [0.3, 0.4) is 0 Å². The first-order valence-electron chi connectivity index (χ1n) is 3.41. The second-order valence-electron chi connectivity index (χ2n) is 2.41. The topological polar surface area (TPSA) is 36.7 Å². The van der Waals surface area contributed by atoms with Crippen molar-refractivity contribution >= 4 is 11.6 Å². The van der Waals surface area contributed by atoms with Crippen LogP contribution in [0.4, 0.5) is 8.78 Å². The number of aromatic nitrogens is 1. The second-order valence-corrected chi connectivity index (χ2v) is 2.79. The molecule has 0 aliphatic carbocycles. The summed E-state index contributed by atoms with van der Waals surface area (Å²) in [7, 11) is 0. The van der Waals surface area contributed by atoms with E-state index < -0.39 is 6.43 Å². The number of aryl methyl sites for hydroxylation is 1. The Bertz CT molecular complexity index is 371. The van der Waals surface area contributed by atoms with Crippen molar-refractivity contribution in [3.8, 4) is 6.07 Å². The molecular weight excluding hydrogens is 198 g/mol. The minimum absolute atomic E-state index is 0.0215. The molecule has 1 aromatic heterocycles. The van der Waals surface area contributed by atoms with Gasteiger partial charge >= 0.3 is 0 Å². The third-order valence-electron chi connectivity index (χ3n) is 1.55. The minimum Gasteiger partial charge on any atom is -0.240 e. The average Bonchev–Trinajstić information content (AvgIpc) is 2.02. The van der Waals surface area contributed by atoms with Crippen LogP contribution in [-0.2, 0) is 0 Å². The van der Waals surface area contributed by atoms with Gasteiger partial charge in [-0.25, -0.2) is 13.8 Å². The van der Waals surface area contributed by atoms with Gasteiger partial charge in [-0.2, -0.15) is 5.26 Å². The summed E-state index contributed by atoms with van der Waals surface area (Å²) >= 11 is 5.47. The maximum Gasteiger partial charge on any atom is 0.265 e. The molecule has 1 aromatic rings. The predicted molar refractivity (Wildman–Crippen MR) is 43.7 cm³/mol. The minimum atomic E-state index is -2.70. The monoisotopic (exact) mass is 202 g/mol. The molecule has 0 aliphatic rings. The van der Waals surface area contributed by atoms with Gasteiger partial charge in [-0.15, -0.1) is 0 Å². The van der Waals surface area contributed by atoms with Crippen molar-refractivity contribution in [3.05, 3.63) is 28.0 Å². The van der Waals surface area contributed by atoms with Crippen molar-refractivity contribution in [2.24, 2.45) is 0 Å². The zero-order valence-electron chi connectivity index (χ0n) is 6.68. The Morgan fingerprint density at radius 3 is 2.69 bits per heavy atom. The third-order valence-corrected chi connectivity index (χ3v) is 1.74. The first-order valence-corrected chi connectivity index (χ1v) is 3.79. The van der Waals surface area contributed by atoms with Gasteiger partial charge in [0, 0.05) is 5.56 Å². The van der Waals surface area contributed by atoms with Gasteiger partial charge in [-0.3, -0.25) is 0 Å². The van der Waals surface area contributed by atoms with E-state index in [1.807, 2.05) is 0 Å². The summed E-state index contributed by atoms with van der Waals surface area (Å²) in [6.07, 6.45) is -2.70. The molecular formula is C8H5ClF2N2. The highest BCUT2D eigenvalue weighted by Gasteiger charge is 2.16. The molecule has 0 saturated heterocycles. The van der Waals surface area contributed by atoms with Crippen LogP contribution in [0.25, 0.3) is 0 Å². The molecule has 2 nitrogen and oxygen atoms in total.